The molecule has 0 aliphatic carbocycles. The summed E-state index contributed by atoms with van der Waals surface area (Å²) in [5, 5.41) is 11.2. The van der Waals surface area contributed by atoms with Crippen LogP contribution in [0.15, 0.2) is 146 Å². The molecule has 0 spiro atoms. The molecule has 0 unspecified atom stereocenters. The van der Waals surface area contributed by atoms with Crippen molar-refractivity contribution in [1.29, 1.82) is 0 Å². The number of carbonyl (C=O) groups is 1. The van der Waals surface area contributed by atoms with Gasteiger partial charge in [-0.1, -0.05) is 121 Å². The zero-order chi connectivity index (χ0) is 35.3. The summed E-state index contributed by atoms with van der Waals surface area (Å²) < 4.78 is 38.6. The highest BCUT2D eigenvalue weighted by Gasteiger charge is 2.50. The van der Waals surface area contributed by atoms with Crippen LogP contribution in [0.5, 0.6) is 0 Å². The number of nitrogens with zero attached hydrogens (tertiary/aromatic N) is 1. The summed E-state index contributed by atoms with van der Waals surface area (Å²) in [6.07, 6.45) is -4.43. The molecule has 5 atom stereocenters. The zero-order valence-corrected chi connectivity index (χ0v) is 27.9. The molecule has 0 radical (unpaired) electrons. The van der Waals surface area contributed by atoms with Gasteiger partial charge in [0.05, 0.1) is 43.5 Å². The summed E-state index contributed by atoms with van der Waals surface area (Å²) in [6, 6.07) is 44.1. The Hall–Kier alpha value is -5.23. The summed E-state index contributed by atoms with van der Waals surface area (Å²) in [7, 11) is 0. The van der Waals surface area contributed by atoms with Gasteiger partial charge in [0, 0.05) is 12.1 Å². The lowest BCUT2D eigenvalue weighted by Gasteiger charge is -2.45. The standard InChI is InChI=1S/C41H39NO9/c43-40(34-21-23-35(24-22-34)42(44)45)51-41-39(49-28-33-19-11-4-12-20-33)38(48-27-32-17-9-3-10-18-32)37(47-26-31-15-7-2-8-16-31)36(50-41)29-46-25-30-13-5-1-6-14-30/h1-24,36-39,41H,25-29H2/t36-,37-,38+,39-,41-/m0/s1. The number of carbonyl (C=O) groups excluding carboxylic acids is 1. The van der Waals surface area contributed by atoms with Crippen LogP contribution in [0.2, 0.25) is 0 Å². The molecule has 0 saturated carbocycles. The first kappa shape index (κ1) is 35.6. The van der Waals surface area contributed by atoms with E-state index in [4.69, 9.17) is 28.4 Å². The first-order valence-corrected chi connectivity index (χ1v) is 16.7. The van der Waals surface area contributed by atoms with Crippen LogP contribution in [0.4, 0.5) is 5.69 Å². The molecular weight excluding hydrogens is 650 g/mol. The van der Waals surface area contributed by atoms with Gasteiger partial charge in [0.1, 0.15) is 24.4 Å². The maximum absolute atomic E-state index is 13.6. The maximum atomic E-state index is 13.6. The fourth-order valence-corrected chi connectivity index (χ4v) is 5.73. The predicted molar refractivity (Wildman–Crippen MR) is 188 cm³/mol. The minimum absolute atomic E-state index is 0.0938. The van der Waals surface area contributed by atoms with Crippen molar-refractivity contribution >= 4 is 11.7 Å². The third-order valence-corrected chi connectivity index (χ3v) is 8.38. The highest BCUT2D eigenvalue weighted by atomic mass is 16.7. The van der Waals surface area contributed by atoms with Crippen LogP contribution >= 0.6 is 0 Å². The fraction of sp³-hybridized carbons (Fsp3) is 0.244. The molecule has 1 saturated heterocycles. The van der Waals surface area contributed by atoms with Crippen molar-refractivity contribution in [2.24, 2.45) is 0 Å². The van der Waals surface area contributed by atoms with Crippen LogP contribution in [0.3, 0.4) is 0 Å². The summed E-state index contributed by atoms with van der Waals surface area (Å²) in [4.78, 5) is 24.3. The number of hydrogen-bond donors (Lipinski definition) is 0. The van der Waals surface area contributed by atoms with Gasteiger partial charge >= 0.3 is 5.97 Å². The topological polar surface area (TPSA) is 116 Å². The molecule has 5 aromatic carbocycles. The average molecular weight is 690 g/mol. The number of esters is 1. The Morgan fingerprint density at radius 2 is 1.00 bits per heavy atom. The molecule has 10 heteroatoms. The minimum atomic E-state index is -1.25. The monoisotopic (exact) mass is 689 g/mol. The third-order valence-electron chi connectivity index (χ3n) is 8.38. The second-order valence-corrected chi connectivity index (χ2v) is 12.0. The van der Waals surface area contributed by atoms with Gasteiger partial charge in [-0.2, -0.15) is 0 Å². The Labute approximate surface area is 296 Å². The van der Waals surface area contributed by atoms with Crippen molar-refractivity contribution in [3.63, 3.8) is 0 Å². The molecule has 0 amide bonds. The molecule has 5 aromatic rings. The lowest BCUT2D eigenvalue weighted by Crippen LogP contribution is -2.62. The normalized spacial score (nSPS) is 20.0. The Morgan fingerprint density at radius 1 is 0.569 bits per heavy atom. The van der Waals surface area contributed by atoms with Gasteiger partial charge in [-0.05, 0) is 34.4 Å². The van der Waals surface area contributed by atoms with E-state index in [1.54, 1.807) is 0 Å². The number of non-ortho nitro benzene ring substituents is 1. The zero-order valence-electron chi connectivity index (χ0n) is 27.9. The molecule has 1 aliphatic rings. The quantitative estimate of drug-likeness (QED) is 0.0592. The van der Waals surface area contributed by atoms with Crippen molar-refractivity contribution in [2.75, 3.05) is 6.61 Å². The first-order chi connectivity index (χ1) is 25.0. The van der Waals surface area contributed by atoms with Crippen molar-refractivity contribution in [1.82, 2.24) is 0 Å². The van der Waals surface area contributed by atoms with Gasteiger partial charge in [0.25, 0.3) is 5.69 Å². The van der Waals surface area contributed by atoms with E-state index in [0.29, 0.717) is 6.61 Å². The van der Waals surface area contributed by atoms with E-state index >= 15 is 0 Å². The van der Waals surface area contributed by atoms with E-state index in [1.807, 2.05) is 121 Å². The largest absolute Gasteiger partial charge is 0.429 e. The molecule has 1 aliphatic heterocycles. The molecule has 0 bridgehead atoms. The number of nitro benzene ring substituents is 1. The van der Waals surface area contributed by atoms with Crippen LogP contribution in [0, 0.1) is 10.1 Å². The molecule has 1 fully saturated rings. The van der Waals surface area contributed by atoms with Gasteiger partial charge < -0.3 is 28.4 Å². The average Bonchev–Trinajstić information content (AvgIpc) is 3.18. The number of ether oxygens (including phenoxy) is 6. The Kier molecular flexibility index (Phi) is 12.7. The number of nitro groups is 1. The molecule has 10 nitrogen and oxygen atoms in total. The maximum Gasteiger partial charge on any atom is 0.340 e. The lowest BCUT2D eigenvalue weighted by atomic mass is 9.97. The van der Waals surface area contributed by atoms with Crippen LogP contribution < -0.4 is 0 Å². The van der Waals surface area contributed by atoms with Crippen LogP contribution in [-0.2, 0) is 54.8 Å². The van der Waals surface area contributed by atoms with E-state index in [9.17, 15) is 14.9 Å². The summed E-state index contributed by atoms with van der Waals surface area (Å²) in [5.41, 5.74) is 3.74. The predicted octanol–water partition coefficient (Wildman–Crippen LogP) is 7.45. The van der Waals surface area contributed by atoms with Gasteiger partial charge in [-0.15, -0.1) is 0 Å². The molecular formula is C41H39NO9. The first-order valence-electron chi connectivity index (χ1n) is 16.7. The van der Waals surface area contributed by atoms with Crippen LogP contribution in [0.25, 0.3) is 0 Å². The SMILES string of the molecule is O=C(O[C@@H]1O[C@@H](COCc2ccccc2)[C@H](OCc2ccccc2)[C@@H](OCc2ccccc2)[C@@H]1OCc1ccccc1)c1ccc([N+](=O)[O-])cc1. The van der Waals surface area contributed by atoms with Crippen LogP contribution in [0.1, 0.15) is 32.6 Å². The summed E-state index contributed by atoms with van der Waals surface area (Å²) in [5.74, 6) is -0.738. The van der Waals surface area contributed by atoms with E-state index in [-0.39, 0.29) is 37.7 Å². The Balaban J connectivity index is 1.32. The highest BCUT2D eigenvalue weighted by molar-refractivity contribution is 5.89. The minimum Gasteiger partial charge on any atom is -0.429 e. The lowest BCUT2D eigenvalue weighted by molar-refractivity contribution is -0.384. The third kappa shape index (κ3) is 10.2. The molecule has 0 N–H and O–H groups in total. The van der Waals surface area contributed by atoms with Crippen molar-refractivity contribution in [2.45, 2.75) is 57.1 Å². The van der Waals surface area contributed by atoms with Crippen molar-refractivity contribution in [3.05, 3.63) is 184 Å². The highest BCUT2D eigenvalue weighted by Crippen LogP contribution is 2.32. The van der Waals surface area contributed by atoms with E-state index in [0.717, 1.165) is 22.3 Å². The van der Waals surface area contributed by atoms with Crippen molar-refractivity contribution in [3.8, 4) is 0 Å². The Bertz CT molecular complexity index is 1790. The second kappa shape index (κ2) is 18.1. The molecule has 262 valence electrons. The van der Waals surface area contributed by atoms with Gasteiger partial charge in [-0.25, -0.2) is 4.79 Å². The smallest absolute Gasteiger partial charge is 0.340 e. The summed E-state index contributed by atoms with van der Waals surface area (Å²) in [6.45, 7) is 1.07. The Morgan fingerprint density at radius 3 is 1.47 bits per heavy atom. The van der Waals surface area contributed by atoms with Crippen LogP contribution in [-0.4, -0.2) is 48.2 Å². The molecule has 1 heterocycles. The van der Waals surface area contributed by atoms with E-state index < -0.39 is 41.6 Å². The number of hydrogen-bond acceptors (Lipinski definition) is 9. The van der Waals surface area contributed by atoms with Gasteiger partial charge in [-0.3, -0.25) is 10.1 Å². The van der Waals surface area contributed by atoms with Crippen molar-refractivity contribution < 1.29 is 38.1 Å². The van der Waals surface area contributed by atoms with Gasteiger partial charge in [0.15, 0.2) is 0 Å². The molecule has 0 aromatic heterocycles. The second-order valence-electron chi connectivity index (χ2n) is 12.0. The van der Waals surface area contributed by atoms with E-state index in [2.05, 4.69) is 0 Å². The van der Waals surface area contributed by atoms with E-state index in [1.165, 1.54) is 24.3 Å². The van der Waals surface area contributed by atoms with Gasteiger partial charge in [0.2, 0.25) is 6.29 Å². The fourth-order valence-electron chi connectivity index (χ4n) is 5.73. The summed E-state index contributed by atoms with van der Waals surface area (Å²) >= 11 is 0. The number of benzene rings is 5. The molecule has 6 rings (SSSR count). The molecule has 51 heavy (non-hydrogen) atoms. The number of rotatable bonds is 16.